The zero-order valence-corrected chi connectivity index (χ0v) is 14.5. The van der Waals surface area contributed by atoms with Gasteiger partial charge in [0.05, 0.1) is 21.3 Å². The van der Waals surface area contributed by atoms with Gasteiger partial charge in [-0.25, -0.2) is 9.97 Å². The van der Waals surface area contributed by atoms with E-state index in [-0.39, 0.29) is 5.41 Å². The van der Waals surface area contributed by atoms with Crippen molar-refractivity contribution in [2.45, 2.75) is 52.9 Å². The number of nitrogens with one attached hydrogen (secondary N) is 1. The molecule has 2 aromatic heterocycles. The highest BCUT2D eigenvalue weighted by Crippen LogP contribution is 2.38. The number of aryl methyl sites for hydroxylation is 1. The van der Waals surface area contributed by atoms with Crippen LogP contribution in [0.1, 0.15) is 51.7 Å². The van der Waals surface area contributed by atoms with E-state index in [2.05, 4.69) is 45.3 Å². The molecule has 0 saturated heterocycles. The number of hydrogen-bond acceptors (Lipinski definition) is 5. The van der Waals surface area contributed by atoms with Gasteiger partial charge in [-0.05, 0) is 12.8 Å². The quantitative estimate of drug-likeness (QED) is 0.849. The van der Waals surface area contributed by atoms with Gasteiger partial charge in [0.15, 0.2) is 5.13 Å². The minimum atomic E-state index is 0.0554. The van der Waals surface area contributed by atoms with Crippen molar-refractivity contribution in [3.8, 4) is 10.6 Å². The average Bonchev–Trinajstić information content (AvgIpc) is 3.01. The Morgan fingerprint density at radius 1 is 1.20 bits per heavy atom. The molecular weight excluding hydrogens is 286 g/mol. The predicted octanol–water partition coefficient (Wildman–Crippen LogP) is 4.95. The van der Waals surface area contributed by atoms with Crippen molar-refractivity contribution in [1.29, 1.82) is 0 Å². The van der Waals surface area contributed by atoms with E-state index in [0.717, 1.165) is 30.2 Å². The molecule has 0 aromatic carbocycles. The molecule has 0 fully saturated rings. The van der Waals surface area contributed by atoms with Gasteiger partial charge in [-0.1, -0.05) is 34.6 Å². The Bertz CT molecular complexity index is 564. The molecule has 0 amide bonds. The van der Waals surface area contributed by atoms with Crippen LogP contribution >= 0.6 is 22.7 Å². The minimum Gasteiger partial charge on any atom is -0.362 e. The van der Waals surface area contributed by atoms with Crippen LogP contribution in [0.4, 0.5) is 5.13 Å². The fourth-order valence-corrected chi connectivity index (χ4v) is 3.87. The monoisotopic (exact) mass is 309 g/mol. The lowest BCUT2D eigenvalue weighted by Gasteiger charge is -2.16. The van der Waals surface area contributed by atoms with Crippen LogP contribution in [-0.4, -0.2) is 16.5 Å². The highest BCUT2D eigenvalue weighted by molar-refractivity contribution is 7.16. The minimum absolute atomic E-state index is 0.0554. The summed E-state index contributed by atoms with van der Waals surface area (Å²) in [5.41, 5.74) is 2.29. The molecule has 110 valence electrons. The first-order valence-corrected chi connectivity index (χ1v) is 8.85. The molecule has 2 rings (SSSR count). The van der Waals surface area contributed by atoms with Crippen molar-refractivity contribution >= 4 is 27.8 Å². The van der Waals surface area contributed by atoms with E-state index >= 15 is 0 Å². The van der Waals surface area contributed by atoms with E-state index in [0.29, 0.717) is 0 Å². The zero-order valence-electron chi connectivity index (χ0n) is 12.9. The van der Waals surface area contributed by atoms with E-state index in [1.54, 1.807) is 22.7 Å². The maximum Gasteiger partial charge on any atom is 0.183 e. The molecule has 0 aliphatic heterocycles. The Labute approximate surface area is 129 Å². The molecule has 0 bridgehead atoms. The van der Waals surface area contributed by atoms with Crippen LogP contribution in [0.15, 0.2) is 5.38 Å². The van der Waals surface area contributed by atoms with Crippen LogP contribution in [0.25, 0.3) is 10.6 Å². The molecular formula is C15H23N3S2. The van der Waals surface area contributed by atoms with Crippen LogP contribution in [-0.2, 0) is 11.8 Å². The van der Waals surface area contributed by atoms with Crippen molar-refractivity contribution in [2.75, 3.05) is 11.9 Å². The largest absolute Gasteiger partial charge is 0.362 e. The van der Waals surface area contributed by atoms with Crippen LogP contribution in [0.5, 0.6) is 0 Å². The lowest BCUT2D eigenvalue weighted by molar-refractivity contribution is 0.572. The molecule has 2 heterocycles. The Kier molecular flexibility index (Phi) is 4.81. The van der Waals surface area contributed by atoms with Gasteiger partial charge in [0.2, 0.25) is 0 Å². The summed E-state index contributed by atoms with van der Waals surface area (Å²) in [6.07, 6.45) is 2.10. The van der Waals surface area contributed by atoms with Gasteiger partial charge >= 0.3 is 0 Å². The van der Waals surface area contributed by atoms with Gasteiger partial charge in [-0.15, -0.1) is 22.7 Å². The summed E-state index contributed by atoms with van der Waals surface area (Å²) in [5, 5.41) is 7.70. The normalized spacial score (nSPS) is 11.8. The van der Waals surface area contributed by atoms with Gasteiger partial charge in [-0.2, -0.15) is 0 Å². The third-order valence-corrected chi connectivity index (χ3v) is 4.97. The first-order valence-electron chi connectivity index (χ1n) is 7.15. The molecule has 1 N–H and O–H groups in total. The Morgan fingerprint density at radius 3 is 2.55 bits per heavy atom. The molecule has 5 heteroatoms. The van der Waals surface area contributed by atoms with Gasteiger partial charge in [-0.3, -0.25) is 0 Å². The second-order valence-corrected chi connectivity index (χ2v) is 7.80. The maximum absolute atomic E-state index is 4.81. The van der Waals surface area contributed by atoms with Gasteiger partial charge < -0.3 is 5.32 Å². The summed E-state index contributed by atoms with van der Waals surface area (Å²) in [4.78, 5) is 10.8. The highest BCUT2D eigenvalue weighted by Gasteiger charge is 2.25. The number of nitrogens with zero attached hydrogens (tertiary/aromatic N) is 2. The third-order valence-electron chi connectivity index (χ3n) is 2.95. The first kappa shape index (κ1) is 15.4. The van der Waals surface area contributed by atoms with Gasteiger partial charge in [0.25, 0.3) is 0 Å². The highest BCUT2D eigenvalue weighted by atomic mass is 32.1. The zero-order chi connectivity index (χ0) is 14.8. The molecule has 0 saturated carbocycles. The van der Waals surface area contributed by atoms with E-state index < -0.39 is 0 Å². The maximum atomic E-state index is 4.81. The smallest absolute Gasteiger partial charge is 0.183 e. The molecule has 0 radical (unpaired) electrons. The van der Waals surface area contributed by atoms with Crippen LogP contribution in [0.3, 0.4) is 0 Å². The second-order valence-electron chi connectivity index (χ2n) is 5.85. The van der Waals surface area contributed by atoms with E-state index in [1.165, 1.54) is 15.6 Å². The number of hydrogen-bond donors (Lipinski definition) is 1. The second kappa shape index (κ2) is 6.22. The lowest BCUT2D eigenvalue weighted by atomic mass is 9.91. The van der Waals surface area contributed by atoms with E-state index in [9.17, 15) is 0 Å². The molecule has 0 aliphatic carbocycles. The predicted molar refractivity (Wildman–Crippen MR) is 90.1 cm³/mol. The fourth-order valence-electron chi connectivity index (χ4n) is 1.89. The Balaban J connectivity index is 2.36. The summed E-state index contributed by atoms with van der Waals surface area (Å²) < 4.78 is 0. The van der Waals surface area contributed by atoms with Gasteiger partial charge in [0.1, 0.15) is 0 Å². The van der Waals surface area contributed by atoms with Crippen molar-refractivity contribution in [3.63, 3.8) is 0 Å². The first-order chi connectivity index (χ1) is 9.45. The van der Waals surface area contributed by atoms with Crippen LogP contribution in [0.2, 0.25) is 0 Å². The van der Waals surface area contributed by atoms with E-state index in [4.69, 9.17) is 9.97 Å². The van der Waals surface area contributed by atoms with Crippen molar-refractivity contribution in [1.82, 2.24) is 9.97 Å². The third kappa shape index (κ3) is 3.38. The summed E-state index contributed by atoms with van der Waals surface area (Å²) in [6, 6.07) is 0. The number of anilines is 1. The summed E-state index contributed by atoms with van der Waals surface area (Å²) in [5.74, 6) is 0. The van der Waals surface area contributed by atoms with Gasteiger partial charge in [0, 0.05) is 17.3 Å². The molecule has 2 aromatic rings. The van der Waals surface area contributed by atoms with Crippen molar-refractivity contribution in [2.24, 2.45) is 0 Å². The Morgan fingerprint density at radius 2 is 1.95 bits per heavy atom. The number of rotatable bonds is 5. The topological polar surface area (TPSA) is 37.8 Å². The van der Waals surface area contributed by atoms with E-state index in [1.807, 2.05) is 0 Å². The van der Waals surface area contributed by atoms with Crippen LogP contribution in [0, 0.1) is 0 Å². The fraction of sp³-hybridized carbons (Fsp3) is 0.600. The molecule has 0 spiro atoms. The standard InChI is InChI=1S/C15H23N3S2/c1-6-8-16-14-17-10(9-19-14)12-13(15(3,4)5)18-11(7-2)20-12/h9H,6-8H2,1-5H3,(H,16,17). The van der Waals surface area contributed by atoms with Crippen molar-refractivity contribution in [3.05, 3.63) is 16.1 Å². The molecule has 0 atom stereocenters. The number of thiazole rings is 2. The Hall–Kier alpha value is -0.940. The molecule has 0 aliphatic rings. The number of aromatic nitrogens is 2. The average molecular weight is 310 g/mol. The summed E-state index contributed by atoms with van der Waals surface area (Å²) in [7, 11) is 0. The van der Waals surface area contributed by atoms with Crippen LogP contribution < -0.4 is 5.32 Å². The van der Waals surface area contributed by atoms with Crippen molar-refractivity contribution < 1.29 is 0 Å². The lowest BCUT2D eigenvalue weighted by Crippen LogP contribution is -2.13. The molecule has 0 unspecified atom stereocenters. The SMILES string of the molecule is CCCNc1nc(-c2sc(CC)nc2C(C)(C)C)cs1. The molecule has 20 heavy (non-hydrogen) atoms. The summed E-state index contributed by atoms with van der Waals surface area (Å²) >= 11 is 3.46. The summed E-state index contributed by atoms with van der Waals surface area (Å²) in [6.45, 7) is 11.9. The molecule has 3 nitrogen and oxygen atoms in total.